The fourth-order valence-electron chi connectivity index (χ4n) is 11.0. The van der Waals surface area contributed by atoms with Crippen molar-refractivity contribution < 1.29 is 148 Å². The Morgan fingerprint density at radius 2 is 0.806 bits per heavy atom. The average Bonchev–Trinajstić information content (AvgIpc) is 1.68. The molecule has 0 radical (unpaired) electrons. The Bertz CT molecular complexity index is 2100. The highest BCUT2D eigenvalue weighted by Crippen LogP contribution is 2.41. The van der Waals surface area contributed by atoms with Crippen molar-refractivity contribution in [3.8, 4) is 0 Å². The minimum atomic E-state index is -1.07. The van der Waals surface area contributed by atoms with E-state index in [0.29, 0.717) is 119 Å². The SMILES string of the molecule is C.CO[C@H]1O[C@@H]2CO[C@@H](C)O[C@H]2[C@@H](OCCCO)[C@@H]1O.CO[C@H]1O[C@@H]2CO[C@@H](C)O[C@H]2[C@@H]2OC12.[2H]B([3H])CSOCCCO[C@@H]1[C@H](C)[C@@H](CBr)O[C@H](OC)[C@H]1O.[2H]B([3H])CSOCCCO[C@H]1[C@H](O)[C@@H](OC)O[C@@H]2CO[C@@H](C)O[C@@H]12.[2H]B([3H])CSOCCCO[C@H]1[C@H](O)[C@@H](OC)O[C@H](CBr)[C@H]1O.[2H]CF. The Kier molecular flexibility index (Phi) is 43.9. The van der Waals surface area contributed by atoms with Crippen LogP contribution in [-0.2, 0) is 112 Å². The first-order valence-electron chi connectivity index (χ1n) is 36.2. The van der Waals surface area contributed by atoms with Gasteiger partial charge in [-0.25, -0.2) is 0 Å². The van der Waals surface area contributed by atoms with Crippen LogP contribution in [0.15, 0.2) is 0 Å². The zero-order valence-corrected chi connectivity index (χ0v) is 62.2. The first kappa shape index (κ1) is 81.5. The molecule has 0 aromatic carbocycles. The minimum absolute atomic E-state index is 0. The summed E-state index contributed by atoms with van der Waals surface area (Å²) < 4.78 is 188. The first-order chi connectivity index (χ1) is 49.9. The van der Waals surface area contributed by atoms with Crippen LogP contribution in [0, 0.1) is 5.92 Å². The van der Waals surface area contributed by atoms with Gasteiger partial charge in [0, 0.05) is 85.2 Å². The van der Waals surface area contributed by atoms with E-state index in [4.69, 9.17) is 127 Å². The second-order valence-electron chi connectivity index (χ2n) is 22.4. The number of epoxide rings is 1. The number of hydrogen-bond acceptors (Lipinski definition) is 33. The molecule has 98 heavy (non-hydrogen) atoms. The zero-order valence-electron chi connectivity index (χ0n) is 63.6. The summed E-state index contributed by atoms with van der Waals surface area (Å²) in [4.78, 5) is 0. The van der Waals surface area contributed by atoms with Gasteiger partial charge in [0.05, 0.1) is 66.5 Å². The maximum Gasteiger partial charge on any atom is 0.186 e. The third-order valence-electron chi connectivity index (χ3n) is 15.8. The number of aliphatic hydroxyl groups excluding tert-OH is 6. The molecule has 9 aliphatic rings. The van der Waals surface area contributed by atoms with E-state index in [1.807, 2.05) is 13.8 Å². The summed E-state index contributed by atoms with van der Waals surface area (Å²) in [7, 11) is 3.82. The van der Waals surface area contributed by atoms with Gasteiger partial charge in [-0.2, -0.15) is 0 Å². The molecule has 6 N–H and O–H groups in total. The van der Waals surface area contributed by atoms with Crippen LogP contribution in [0.2, 0.25) is 0 Å². The fourth-order valence-corrected chi connectivity index (χ4v) is 13.3. The van der Waals surface area contributed by atoms with E-state index >= 15 is 0 Å². The molecule has 28 atom stereocenters. The summed E-state index contributed by atoms with van der Waals surface area (Å²) in [6, 6.07) is 0. The Morgan fingerprint density at radius 1 is 0.459 bits per heavy atom. The van der Waals surface area contributed by atoms with Gasteiger partial charge < -0.3 is 143 Å². The minimum Gasteiger partial charge on any atom is -0.396 e. The monoisotopic (exact) mass is 1620 g/mol. The van der Waals surface area contributed by atoms with Gasteiger partial charge in [-0.05, 0) is 108 Å². The van der Waals surface area contributed by atoms with Crippen molar-refractivity contribution in [2.24, 2.45) is 5.92 Å². The highest BCUT2D eigenvalue weighted by atomic mass is 79.9. The third kappa shape index (κ3) is 29.8. The summed E-state index contributed by atoms with van der Waals surface area (Å²) in [6.07, 6.45) is -10.8. The largest absolute Gasteiger partial charge is 0.396 e. The highest BCUT2D eigenvalue weighted by molar-refractivity contribution is 9.09. The number of alkyl halides is 3. The summed E-state index contributed by atoms with van der Waals surface area (Å²) in [5, 5.41) is 60.9. The molecule has 30 nitrogen and oxygen atoms in total. The van der Waals surface area contributed by atoms with Gasteiger partial charge in [-0.15, -0.1) is 0 Å². The molecule has 0 bridgehead atoms. The first-order valence-corrected chi connectivity index (χ1v) is 37.0. The number of ether oxygens (including phenoxy) is 21. The second kappa shape index (κ2) is 52.9. The van der Waals surface area contributed by atoms with Crippen molar-refractivity contribution in [2.45, 2.75) is 227 Å². The lowest BCUT2D eigenvalue weighted by Crippen LogP contribution is -2.63. The van der Waals surface area contributed by atoms with E-state index in [2.05, 4.69) is 31.9 Å². The molecule has 0 saturated carbocycles. The van der Waals surface area contributed by atoms with E-state index in [1.165, 1.54) is 28.4 Å². The molecule has 1 unspecified atom stereocenters. The van der Waals surface area contributed by atoms with Gasteiger partial charge in [-0.3, -0.25) is 4.39 Å². The Morgan fingerprint density at radius 3 is 1.21 bits per heavy atom. The molecule has 9 fully saturated rings. The van der Waals surface area contributed by atoms with Crippen LogP contribution in [0.25, 0.3) is 0 Å². The molecule has 578 valence electrons. The van der Waals surface area contributed by atoms with E-state index < -0.39 is 123 Å². The molecular formula is C59H114B3Br2FO30S3. The highest BCUT2D eigenvalue weighted by Gasteiger charge is 2.60. The summed E-state index contributed by atoms with van der Waals surface area (Å²) in [6.45, 7) is 11.6. The molecule has 9 saturated heterocycles. The molecule has 0 aromatic rings. The molecule has 0 amide bonds. The lowest BCUT2D eigenvalue weighted by molar-refractivity contribution is -0.357. The molecular weight excluding hydrogens is 1500 g/mol. The molecule has 9 heterocycles. The Labute approximate surface area is 620 Å². The van der Waals surface area contributed by atoms with E-state index in [-0.39, 0.29) is 93.9 Å². The van der Waals surface area contributed by atoms with Gasteiger partial charge >= 0.3 is 0 Å². The van der Waals surface area contributed by atoms with Crippen LogP contribution in [0.1, 0.15) is 62.2 Å². The van der Waals surface area contributed by atoms with Gasteiger partial charge in [0.1, 0.15) is 121 Å². The van der Waals surface area contributed by atoms with E-state index in [0.717, 1.165) is 36.1 Å². The van der Waals surface area contributed by atoms with Crippen molar-refractivity contribution in [2.75, 3.05) is 143 Å². The maximum atomic E-state index is 10.4. The van der Waals surface area contributed by atoms with Crippen LogP contribution in [0.3, 0.4) is 0 Å². The van der Waals surface area contributed by atoms with Crippen molar-refractivity contribution >= 4 is 91.3 Å². The van der Waals surface area contributed by atoms with Crippen molar-refractivity contribution in [1.82, 2.24) is 0 Å². The molecule has 39 heteroatoms. The Balaban J connectivity index is 0.000000339. The van der Waals surface area contributed by atoms with Crippen LogP contribution >= 0.6 is 68.0 Å². The number of hydrogen-bond donors (Lipinski definition) is 6. The lowest BCUT2D eigenvalue weighted by atomic mass is 9.91. The number of fused-ring (bicyclic) bond motifs is 5. The van der Waals surface area contributed by atoms with Crippen molar-refractivity contribution in [3.05, 3.63) is 0 Å². The topological polar surface area (TPSA) is 346 Å². The van der Waals surface area contributed by atoms with Gasteiger partial charge in [0.15, 0.2) is 50.3 Å². The fraction of sp³-hybridized carbons (Fsp3) is 1.00. The number of rotatable bonds is 35. The van der Waals surface area contributed by atoms with Crippen molar-refractivity contribution in [1.29, 1.82) is 8.01 Å². The summed E-state index contributed by atoms with van der Waals surface area (Å²) in [5.41, 5.74) is 0.935. The van der Waals surface area contributed by atoms with E-state index in [1.54, 1.807) is 21.0 Å². The molecule has 0 aliphatic carbocycles. The number of halogens is 3. The quantitative estimate of drug-likeness (QED) is 0.0162. The number of aliphatic hydroxyl groups is 6. The molecule has 0 aromatic heterocycles. The molecule has 0 spiro atoms. The summed E-state index contributed by atoms with van der Waals surface area (Å²) in [5.74, 6) is 0.0449. The van der Waals surface area contributed by atoms with Crippen LogP contribution < -0.4 is 0 Å². The Hall–Kier alpha value is 0.935. The predicted molar refractivity (Wildman–Crippen MR) is 374 cm³/mol. The van der Waals surface area contributed by atoms with Gasteiger partial charge in [0.25, 0.3) is 0 Å². The van der Waals surface area contributed by atoms with E-state index in [9.17, 15) is 29.9 Å². The lowest BCUT2D eigenvalue weighted by Gasteiger charge is -2.46. The third-order valence-corrected chi connectivity index (χ3v) is 18.5. The van der Waals surface area contributed by atoms with Crippen LogP contribution in [0.4, 0.5) is 4.39 Å². The second-order valence-corrected chi connectivity index (χ2v) is 26.1. The van der Waals surface area contributed by atoms with Crippen LogP contribution in [-0.4, -0.2) is 371 Å². The predicted octanol–water partition coefficient (Wildman–Crippen LogP) is 0.152. The van der Waals surface area contributed by atoms with Crippen molar-refractivity contribution in [3.63, 3.8) is 0 Å². The van der Waals surface area contributed by atoms with Gasteiger partial charge in [-0.1, -0.05) is 46.2 Å². The number of methoxy groups -OCH3 is 5. The average molecular weight is 1620 g/mol. The zero-order chi connectivity index (χ0) is 76.8. The summed E-state index contributed by atoms with van der Waals surface area (Å²) >= 11 is 9.97. The standard InChI is InChI=1S/C13H25BO7S.C12H24BBrO5S.C12H22O7.C11H22BBrO6S.C9H14O5.CH3F.CH4/c1-8-18-6-9-11(20-8)12(10(15)13(16-2)21-9)17-4-3-5-19-22-7-14;1-8-9(6-14)19-12(16-2)10(15)11(8)17-4-3-5-18-20-7-13;1-7-17-6-8-10(18-7)11(16-5-3-4-13)9(14)12(15-2)19-8;1-16-11-9(15)10(8(14)7(5-13)19-11)17-3-2-4-18-20-6-12;1-4-11-3-5-6(12-4)7-8(14-7)9(10-2)13-5;1-2;/h8-13,15H,3-7,14H2,1-2H3;8-12,15H,3-7,13H2,1-2H3;7-14H,3-6H2,1-2H3;7-11,14-15H,2-6,12H2,1H3;4-9H,3H2,1-2H3;1H3;1H4/t8-,9-,10+,11-,12+,13+;8-,9-,10+,11-,12+;7-,8-,9+,10-,11+,12+;7-,8-,9+,10-,11+;4-,5-,6-,7+,8?,9+;;/m11111../s1/i14TD;13TD;;12TD;;1D;. The van der Waals surface area contributed by atoms with Gasteiger partial charge in [0.2, 0.25) is 0 Å². The van der Waals surface area contributed by atoms with Crippen LogP contribution in [0.5, 0.6) is 0 Å². The molecule has 9 aliphatic heterocycles. The maximum absolute atomic E-state index is 10.4. The normalized spacial score (nSPS) is 40.0. The molecule has 9 rings (SSSR count). The smallest absolute Gasteiger partial charge is 0.186 e.